The fourth-order valence-corrected chi connectivity index (χ4v) is 3.39. The van der Waals surface area contributed by atoms with Crippen LogP contribution >= 0.6 is 11.8 Å². The van der Waals surface area contributed by atoms with Gasteiger partial charge in [-0.15, -0.1) is 0 Å². The SMILES string of the molecule is CSC1(CNC2CCCOCC2)CCC1. The number of nitrogens with one attached hydrogen (secondary N) is 1. The zero-order chi connectivity index (χ0) is 10.6. The second-order valence-corrected chi connectivity index (χ2v) is 6.14. The van der Waals surface area contributed by atoms with Gasteiger partial charge in [-0.05, 0) is 38.4 Å². The first-order chi connectivity index (χ1) is 7.35. The summed E-state index contributed by atoms with van der Waals surface area (Å²) in [7, 11) is 0. The van der Waals surface area contributed by atoms with E-state index in [0.717, 1.165) is 13.2 Å². The van der Waals surface area contributed by atoms with Crippen molar-refractivity contribution in [2.24, 2.45) is 0 Å². The van der Waals surface area contributed by atoms with Gasteiger partial charge in [0.05, 0.1) is 0 Å². The smallest absolute Gasteiger partial charge is 0.0480 e. The van der Waals surface area contributed by atoms with Crippen molar-refractivity contribution in [2.75, 3.05) is 26.0 Å². The van der Waals surface area contributed by atoms with Gasteiger partial charge in [0.1, 0.15) is 0 Å². The molecule has 0 aromatic carbocycles. The van der Waals surface area contributed by atoms with Gasteiger partial charge < -0.3 is 10.1 Å². The highest BCUT2D eigenvalue weighted by Crippen LogP contribution is 2.42. The number of rotatable bonds is 4. The van der Waals surface area contributed by atoms with Gasteiger partial charge in [-0.1, -0.05) is 6.42 Å². The average Bonchev–Trinajstić information content (AvgIpc) is 2.45. The molecule has 0 bridgehead atoms. The van der Waals surface area contributed by atoms with Crippen LogP contribution in [0.5, 0.6) is 0 Å². The van der Waals surface area contributed by atoms with E-state index in [1.54, 1.807) is 0 Å². The van der Waals surface area contributed by atoms with Crippen LogP contribution < -0.4 is 5.32 Å². The predicted octanol–water partition coefficient (Wildman–Crippen LogP) is 2.43. The maximum atomic E-state index is 5.48. The third-order valence-corrected chi connectivity index (χ3v) is 5.28. The number of hydrogen-bond acceptors (Lipinski definition) is 3. The summed E-state index contributed by atoms with van der Waals surface area (Å²) in [6, 6.07) is 0.706. The lowest BCUT2D eigenvalue weighted by Gasteiger charge is -2.41. The van der Waals surface area contributed by atoms with Crippen molar-refractivity contribution in [3.05, 3.63) is 0 Å². The molecule has 15 heavy (non-hydrogen) atoms. The third-order valence-electron chi connectivity index (χ3n) is 3.86. The van der Waals surface area contributed by atoms with Gasteiger partial charge in [0.15, 0.2) is 0 Å². The highest BCUT2D eigenvalue weighted by Gasteiger charge is 2.36. The van der Waals surface area contributed by atoms with E-state index in [4.69, 9.17) is 4.74 Å². The van der Waals surface area contributed by atoms with Crippen molar-refractivity contribution >= 4 is 11.8 Å². The summed E-state index contributed by atoms with van der Waals surface area (Å²) in [5.74, 6) is 0. The van der Waals surface area contributed by atoms with Crippen LogP contribution in [0.1, 0.15) is 38.5 Å². The van der Waals surface area contributed by atoms with Crippen LogP contribution in [0.2, 0.25) is 0 Å². The number of hydrogen-bond donors (Lipinski definition) is 1. The van der Waals surface area contributed by atoms with Crippen LogP contribution in [0.15, 0.2) is 0 Å². The Morgan fingerprint density at radius 2 is 2.13 bits per heavy atom. The lowest BCUT2D eigenvalue weighted by molar-refractivity contribution is 0.142. The van der Waals surface area contributed by atoms with Crippen LogP contribution in [-0.2, 0) is 4.74 Å². The average molecular weight is 229 g/mol. The topological polar surface area (TPSA) is 21.3 Å². The molecule has 0 spiro atoms. The van der Waals surface area contributed by atoms with Crippen molar-refractivity contribution in [3.63, 3.8) is 0 Å². The molecule has 2 rings (SSSR count). The highest BCUT2D eigenvalue weighted by atomic mass is 32.2. The quantitative estimate of drug-likeness (QED) is 0.800. The molecule has 1 N–H and O–H groups in total. The summed E-state index contributed by atoms with van der Waals surface area (Å²) < 4.78 is 6.05. The molecule has 0 aromatic heterocycles. The molecule has 1 saturated heterocycles. The zero-order valence-electron chi connectivity index (χ0n) is 9.76. The van der Waals surface area contributed by atoms with Crippen LogP contribution in [0.3, 0.4) is 0 Å². The maximum Gasteiger partial charge on any atom is 0.0480 e. The molecule has 1 atom stereocenters. The van der Waals surface area contributed by atoms with Gasteiger partial charge in [0.25, 0.3) is 0 Å². The number of ether oxygens (including phenoxy) is 1. The molecule has 88 valence electrons. The molecule has 0 radical (unpaired) electrons. The summed E-state index contributed by atoms with van der Waals surface area (Å²) in [4.78, 5) is 0. The molecule has 0 aromatic rings. The Hall–Kier alpha value is 0.270. The second kappa shape index (κ2) is 5.55. The van der Waals surface area contributed by atoms with Gasteiger partial charge in [-0.3, -0.25) is 0 Å². The Labute approximate surface area is 97.5 Å². The van der Waals surface area contributed by atoms with Crippen molar-refractivity contribution in [1.29, 1.82) is 0 Å². The van der Waals surface area contributed by atoms with Crippen molar-refractivity contribution in [2.45, 2.75) is 49.3 Å². The second-order valence-electron chi connectivity index (χ2n) is 4.86. The Bertz CT molecular complexity index is 181. The molecule has 2 nitrogen and oxygen atoms in total. The van der Waals surface area contributed by atoms with Gasteiger partial charge in [0.2, 0.25) is 0 Å². The molecule has 0 amide bonds. The van der Waals surface area contributed by atoms with Crippen molar-refractivity contribution < 1.29 is 4.74 Å². The van der Waals surface area contributed by atoms with E-state index in [0.29, 0.717) is 10.8 Å². The monoisotopic (exact) mass is 229 g/mol. The fraction of sp³-hybridized carbons (Fsp3) is 1.00. The van der Waals surface area contributed by atoms with Crippen LogP contribution in [0.4, 0.5) is 0 Å². The molecular weight excluding hydrogens is 206 g/mol. The molecule has 1 aliphatic heterocycles. The van der Waals surface area contributed by atoms with Gasteiger partial charge in [-0.2, -0.15) is 11.8 Å². The van der Waals surface area contributed by atoms with Crippen LogP contribution in [0.25, 0.3) is 0 Å². The minimum Gasteiger partial charge on any atom is -0.381 e. The first-order valence-corrected chi connectivity index (χ1v) is 7.43. The van der Waals surface area contributed by atoms with Crippen molar-refractivity contribution in [3.8, 4) is 0 Å². The summed E-state index contributed by atoms with van der Waals surface area (Å²) in [5.41, 5.74) is 0. The summed E-state index contributed by atoms with van der Waals surface area (Å²) in [5, 5.41) is 3.75. The molecule has 3 heteroatoms. The fourth-order valence-electron chi connectivity index (χ4n) is 2.46. The van der Waals surface area contributed by atoms with E-state index in [1.807, 2.05) is 0 Å². The molecule has 1 unspecified atom stereocenters. The van der Waals surface area contributed by atoms with E-state index >= 15 is 0 Å². The van der Waals surface area contributed by atoms with E-state index in [1.165, 1.54) is 45.1 Å². The molecule has 1 heterocycles. The highest BCUT2D eigenvalue weighted by molar-refractivity contribution is 8.00. The molecule has 2 fully saturated rings. The first-order valence-electron chi connectivity index (χ1n) is 6.21. The molecular formula is C12H23NOS. The van der Waals surface area contributed by atoms with Gasteiger partial charge in [-0.25, -0.2) is 0 Å². The van der Waals surface area contributed by atoms with Crippen LogP contribution in [0, 0.1) is 0 Å². The Kier molecular flexibility index (Phi) is 4.35. The minimum absolute atomic E-state index is 0.577. The van der Waals surface area contributed by atoms with Gasteiger partial charge in [0, 0.05) is 30.5 Å². The molecule has 1 aliphatic carbocycles. The Morgan fingerprint density at radius 1 is 1.27 bits per heavy atom. The predicted molar refractivity (Wildman–Crippen MR) is 66.6 cm³/mol. The lowest BCUT2D eigenvalue weighted by atomic mass is 9.84. The number of thioether (sulfide) groups is 1. The van der Waals surface area contributed by atoms with E-state index < -0.39 is 0 Å². The summed E-state index contributed by atoms with van der Waals surface area (Å²) >= 11 is 2.06. The normalized spacial score (nSPS) is 30.6. The zero-order valence-corrected chi connectivity index (χ0v) is 10.6. The van der Waals surface area contributed by atoms with E-state index in [2.05, 4.69) is 23.3 Å². The Morgan fingerprint density at radius 3 is 2.80 bits per heavy atom. The third kappa shape index (κ3) is 3.11. The van der Waals surface area contributed by atoms with Crippen LogP contribution in [-0.4, -0.2) is 36.8 Å². The van der Waals surface area contributed by atoms with E-state index in [9.17, 15) is 0 Å². The molecule has 1 saturated carbocycles. The summed E-state index contributed by atoms with van der Waals surface area (Å²) in [6.07, 6.45) is 10.2. The lowest BCUT2D eigenvalue weighted by Crippen LogP contribution is -2.46. The van der Waals surface area contributed by atoms with Crippen molar-refractivity contribution in [1.82, 2.24) is 5.32 Å². The summed E-state index contributed by atoms with van der Waals surface area (Å²) in [6.45, 7) is 3.12. The van der Waals surface area contributed by atoms with Gasteiger partial charge >= 0.3 is 0 Å². The minimum atomic E-state index is 0.577. The maximum absolute atomic E-state index is 5.48. The Balaban J connectivity index is 1.71. The first kappa shape index (κ1) is 11.7. The van der Waals surface area contributed by atoms with E-state index in [-0.39, 0.29) is 0 Å². The standard InChI is InChI=1S/C12H23NOS/c1-15-12(6-3-7-12)10-13-11-4-2-8-14-9-5-11/h11,13H,2-10H2,1H3. The largest absolute Gasteiger partial charge is 0.381 e. The molecule has 2 aliphatic rings.